The van der Waals surface area contributed by atoms with Crippen LogP contribution in [0.5, 0.6) is 5.75 Å². The molecule has 2 aromatic carbocycles. The predicted octanol–water partition coefficient (Wildman–Crippen LogP) is 2.95. The predicted molar refractivity (Wildman–Crippen MR) is 77.1 cm³/mol. The molecule has 0 aliphatic rings. The number of nitrogens with two attached hydrogens (primary N) is 1. The normalized spacial score (nSPS) is 10.7. The van der Waals surface area contributed by atoms with Crippen molar-refractivity contribution in [3.05, 3.63) is 36.4 Å². The van der Waals surface area contributed by atoms with Crippen LogP contribution in [0.2, 0.25) is 0 Å². The summed E-state index contributed by atoms with van der Waals surface area (Å²) in [5.74, 6) is 0.774. The summed E-state index contributed by atoms with van der Waals surface area (Å²) in [7, 11) is 0. The first-order chi connectivity index (χ1) is 9.79. The Morgan fingerprint density at radius 2 is 1.90 bits per heavy atom. The van der Waals surface area contributed by atoms with E-state index >= 15 is 0 Å². The second-order valence-corrected chi connectivity index (χ2v) is 4.22. The molecule has 0 unspecified atom stereocenters. The van der Waals surface area contributed by atoms with E-state index in [2.05, 4.69) is 15.6 Å². The molecule has 0 atom stereocenters. The quantitative estimate of drug-likeness (QED) is 0.709. The molecule has 0 fully saturated rings. The number of hydrogen-bond acceptors (Lipinski definition) is 6. The average molecular weight is 270 g/mol. The van der Waals surface area contributed by atoms with Crippen molar-refractivity contribution in [2.24, 2.45) is 0 Å². The lowest BCUT2D eigenvalue weighted by molar-refractivity contribution is 0.316. The van der Waals surface area contributed by atoms with E-state index in [4.69, 9.17) is 15.1 Å². The van der Waals surface area contributed by atoms with Gasteiger partial charge in [0.2, 0.25) is 0 Å². The molecule has 0 aliphatic heterocycles. The molecule has 20 heavy (non-hydrogen) atoms. The molecule has 0 saturated heterocycles. The Kier molecular flexibility index (Phi) is 3.12. The van der Waals surface area contributed by atoms with Crippen molar-refractivity contribution in [2.75, 3.05) is 17.7 Å². The Labute approximate surface area is 115 Å². The van der Waals surface area contributed by atoms with Crippen LogP contribution in [-0.2, 0) is 0 Å². The number of fused-ring (bicyclic) bond motifs is 1. The van der Waals surface area contributed by atoms with Crippen LogP contribution in [0, 0.1) is 0 Å². The third kappa shape index (κ3) is 2.11. The van der Waals surface area contributed by atoms with E-state index in [1.54, 1.807) is 6.07 Å². The van der Waals surface area contributed by atoms with Gasteiger partial charge >= 0.3 is 0 Å². The summed E-state index contributed by atoms with van der Waals surface area (Å²) < 4.78 is 10.3. The summed E-state index contributed by atoms with van der Waals surface area (Å²) >= 11 is 0. The van der Waals surface area contributed by atoms with Crippen LogP contribution in [0.15, 0.2) is 41.0 Å². The van der Waals surface area contributed by atoms with Crippen LogP contribution in [-0.4, -0.2) is 16.9 Å². The van der Waals surface area contributed by atoms with Gasteiger partial charge in [-0.05, 0) is 41.5 Å². The van der Waals surface area contributed by atoms with Gasteiger partial charge in [0.05, 0.1) is 23.7 Å². The molecule has 0 spiro atoms. The van der Waals surface area contributed by atoms with Crippen LogP contribution in [0.25, 0.3) is 11.0 Å². The maximum absolute atomic E-state index is 5.83. The number of aromatic nitrogens is 2. The fourth-order valence-electron chi connectivity index (χ4n) is 1.98. The SMILES string of the molecule is CCOc1ccccc1Nc1ccc(N)c2nonc12. The number of rotatable bonds is 4. The van der Waals surface area contributed by atoms with Gasteiger partial charge in [-0.1, -0.05) is 12.1 Å². The number of anilines is 3. The van der Waals surface area contributed by atoms with Gasteiger partial charge in [-0.25, -0.2) is 4.63 Å². The molecule has 1 heterocycles. The highest BCUT2D eigenvalue weighted by molar-refractivity contribution is 5.96. The minimum atomic E-state index is 0.532. The fourth-order valence-corrected chi connectivity index (χ4v) is 1.98. The van der Waals surface area contributed by atoms with Gasteiger partial charge in [0, 0.05) is 0 Å². The third-order valence-electron chi connectivity index (χ3n) is 2.90. The van der Waals surface area contributed by atoms with Crippen molar-refractivity contribution in [2.45, 2.75) is 6.92 Å². The van der Waals surface area contributed by atoms with Gasteiger partial charge in [0.1, 0.15) is 5.75 Å². The van der Waals surface area contributed by atoms with E-state index in [1.165, 1.54) is 0 Å². The topological polar surface area (TPSA) is 86.2 Å². The molecular formula is C14H14N4O2. The summed E-state index contributed by atoms with van der Waals surface area (Å²) in [4.78, 5) is 0. The van der Waals surface area contributed by atoms with Crippen molar-refractivity contribution < 1.29 is 9.37 Å². The molecule has 3 aromatic rings. The minimum absolute atomic E-state index is 0.532. The highest BCUT2D eigenvalue weighted by atomic mass is 16.6. The first kappa shape index (κ1) is 12.3. The van der Waals surface area contributed by atoms with Crippen LogP contribution in [0.1, 0.15) is 6.92 Å². The smallest absolute Gasteiger partial charge is 0.160 e. The van der Waals surface area contributed by atoms with Crippen molar-refractivity contribution in [1.29, 1.82) is 0 Å². The summed E-state index contributed by atoms with van der Waals surface area (Å²) in [6.45, 7) is 2.54. The summed E-state index contributed by atoms with van der Waals surface area (Å²) in [5.41, 5.74) is 9.11. The molecule has 6 heteroatoms. The van der Waals surface area contributed by atoms with Crippen LogP contribution in [0.3, 0.4) is 0 Å². The van der Waals surface area contributed by atoms with Gasteiger partial charge in [-0.15, -0.1) is 0 Å². The lowest BCUT2D eigenvalue weighted by Crippen LogP contribution is -1.98. The van der Waals surface area contributed by atoms with Crippen molar-refractivity contribution in [3.63, 3.8) is 0 Å². The monoisotopic (exact) mass is 270 g/mol. The summed E-state index contributed by atoms with van der Waals surface area (Å²) in [6, 6.07) is 11.3. The number of nitrogens with zero attached hydrogens (tertiary/aromatic N) is 2. The van der Waals surface area contributed by atoms with Gasteiger partial charge in [0.15, 0.2) is 11.0 Å². The highest BCUT2D eigenvalue weighted by Crippen LogP contribution is 2.31. The van der Waals surface area contributed by atoms with Gasteiger partial charge < -0.3 is 15.8 Å². The van der Waals surface area contributed by atoms with Crippen molar-refractivity contribution >= 4 is 28.1 Å². The fraction of sp³-hybridized carbons (Fsp3) is 0.143. The standard InChI is InChI=1S/C14H14N4O2/c1-2-19-12-6-4-3-5-10(12)16-11-8-7-9(15)13-14(11)18-20-17-13/h3-8,16H,2,15H2,1H3. The van der Waals surface area contributed by atoms with E-state index in [0.29, 0.717) is 23.3 Å². The zero-order valence-corrected chi connectivity index (χ0v) is 11.0. The molecule has 3 N–H and O–H groups in total. The molecule has 0 bridgehead atoms. The van der Waals surface area contributed by atoms with E-state index in [0.717, 1.165) is 17.1 Å². The first-order valence-corrected chi connectivity index (χ1v) is 6.29. The molecule has 0 amide bonds. The number of benzene rings is 2. The maximum atomic E-state index is 5.83. The van der Waals surface area contributed by atoms with E-state index in [-0.39, 0.29) is 0 Å². The van der Waals surface area contributed by atoms with Crippen LogP contribution < -0.4 is 15.8 Å². The Bertz CT molecular complexity index is 739. The Hall–Kier alpha value is -2.76. The average Bonchev–Trinajstić information content (AvgIpc) is 2.95. The number of para-hydroxylation sites is 2. The Balaban J connectivity index is 2.01. The molecule has 3 rings (SSSR count). The molecule has 0 aliphatic carbocycles. The van der Waals surface area contributed by atoms with Gasteiger partial charge in [-0.2, -0.15) is 0 Å². The Morgan fingerprint density at radius 1 is 1.10 bits per heavy atom. The second-order valence-electron chi connectivity index (χ2n) is 4.22. The summed E-state index contributed by atoms with van der Waals surface area (Å²) in [5, 5.41) is 10.9. The van der Waals surface area contributed by atoms with E-state index in [9.17, 15) is 0 Å². The maximum Gasteiger partial charge on any atom is 0.160 e. The van der Waals surface area contributed by atoms with E-state index < -0.39 is 0 Å². The minimum Gasteiger partial charge on any atom is -0.492 e. The number of nitrogen functional groups attached to an aromatic ring is 1. The second kappa shape index (κ2) is 5.08. The largest absolute Gasteiger partial charge is 0.492 e. The van der Waals surface area contributed by atoms with E-state index in [1.807, 2.05) is 37.3 Å². The first-order valence-electron chi connectivity index (χ1n) is 6.29. The number of nitrogens with one attached hydrogen (secondary N) is 1. The van der Waals surface area contributed by atoms with Gasteiger partial charge in [-0.3, -0.25) is 0 Å². The molecular weight excluding hydrogens is 256 g/mol. The lowest BCUT2D eigenvalue weighted by atomic mass is 10.2. The molecule has 0 radical (unpaired) electrons. The zero-order chi connectivity index (χ0) is 13.9. The third-order valence-corrected chi connectivity index (χ3v) is 2.90. The molecule has 102 valence electrons. The Morgan fingerprint density at radius 3 is 2.75 bits per heavy atom. The van der Waals surface area contributed by atoms with Crippen molar-refractivity contribution in [1.82, 2.24) is 10.3 Å². The summed E-state index contributed by atoms with van der Waals surface area (Å²) in [6.07, 6.45) is 0. The van der Waals surface area contributed by atoms with Crippen LogP contribution >= 0.6 is 0 Å². The molecule has 6 nitrogen and oxygen atoms in total. The zero-order valence-electron chi connectivity index (χ0n) is 11.0. The number of hydrogen-bond donors (Lipinski definition) is 2. The lowest BCUT2D eigenvalue weighted by Gasteiger charge is -2.12. The molecule has 1 aromatic heterocycles. The van der Waals surface area contributed by atoms with Crippen LogP contribution in [0.4, 0.5) is 17.1 Å². The van der Waals surface area contributed by atoms with Gasteiger partial charge in [0.25, 0.3) is 0 Å². The molecule has 0 saturated carbocycles. The number of ether oxygens (including phenoxy) is 1. The van der Waals surface area contributed by atoms with Crippen molar-refractivity contribution in [3.8, 4) is 5.75 Å². The highest BCUT2D eigenvalue weighted by Gasteiger charge is 2.11.